The van der Waals surface area contributed by atoms with Gasteiger partial charge < -0.3 is 20.1 Å². The summed E-state index contributed by atoms with van der Waals surface area (Å²) in [4.78, 5) is 17.1. The molecule has 2 aliphatic rings. The Morgan fingerprint density at radius 2 is 2.17 bits per heavy atom. The summed E-state index contributed by atoms with van der Waals surface area (Å²) in [5, 5.41) is 32.8. The van der Waals surface area contributed by atoms with E-state index in [2.05, 4.69) is 11.9 Å². The lowest BCUT2D eigenvalue weighted by Crippen LogP contribution is -2.57. The number of rotatable bonds is 3. The second-order valence-corrected chi connectivity index (χ2v) is 8.94. The number of carboxylic acids is 1. The number of aliphatic hydroxyl groups is 2. The zero-order valence-electron chi connectivity index (χ0n) is 13.8. The minimum Gasteiger partial charge on any atom is -0.550 e. The number of nitrogens with zero attached hydrogens (tertiary/aromatic N) is 1. The van der Waals surface area contributed by atoms with Crippen molar-refractivity contribution in [2.24, 2.45) is 16.7 Å². The van der Waals surface area contributed by atoms with Crippen LogP contribution < -0.4 is 5.11 Å². The highest BCUT2D eigenvalue weighted by Gasteiger charge is 2.58. The number of hydrogen-bond donors (Lipinski definition) is 2. The zero-order valence-corrected chi connectivity index (χ0v) is 14.7. The topological polar surface area (TPSA) is 93.5 Å². The first-order chi connectivity index (χ1) is 10.7. The molecule has 3 rings (SSSR count). The number of aliphatic hydroxyl groups excluding tert-OH is 2. The molecule has 0 bridgehead atoms. The molecule has 0 unspecified atom stereocenters. The largest absolute Gasteiger partial charge is 0.550 e. The fourth-order valence-corrected chi connectivity index (χ4v) is 5.98. The molecular weight excluding hydrogens is 314 g/mol. The number of fused-ring (bicyclic) bond motifs is 2. The number of carbonyl (C=O) groups is 1. The third-order valence-corrected chi connectivity index (χ3v) is 7.38. The number of carbonyl (C=O) groups excluding carboxylic acids is 1. The van der Waals surface area contributed by atoms with E-state index in [1.54, 1.807) is 11.3 Å². The molecule has 1 fully saturated rings. The first kappa shape index (κ1) is 16.9. The van der Waals surface area contributed by atoms with E-state index in [-0.39, 0.29) is 30.3 Å². The Hall–Kier alpha value is -0.980. The Labute approximate surface area is 140 Å². The first-order valence-electron chi connectivity index (χ1n) is 8.17. The minimum atomic E-state index is -1.06. The molecule has 1 aromatic rings. The third kappa shape index (κ3) is 2.42. The van der Waals surface area contributed by atoms with Crippen molar-refractivity contribution in [2.45, 2.75) is 58.5 Å². The molecule has 0 amide bonds. The highest BCUT2D eigenvalue weighted by molar-refractivity contribution is 7.11. The maximum Gasteiger partial charge on any atom is 0.0900 e. The lowest BCUT2D eigenvalue weighted by molar-refractivity contribution is -0.307. The van der Waals surface area contributed by atoms with Crippen LogP contribution >= 0.6 is 11.3 Å². The monoisotopic (exact) mass is 338 g/mol. The van der Waals surface area contributed by atoms with Gasteiger partial charge >= 0.3 is 0 Å². The molecule has 5 atom stereocenters. The molecule has 1 aromatic heterocycles. The number of aryl methyl sites for hydroxylation is 1. The molecule has 2 aliphatic carbocycles. The van der Waals surface area contributed by atoms with Gasteiger partial charge in [-0.25, -0.2) is 4.98 Å². The smallest absolute Gasteiger partial charge is 0.0900 e. The van der Waals surface area contributed by atoms with Crippen molar-refractivity contribution < 1.29 is 20.1 Å². The highest BCUT2D eigenvalue weighted by Crippen LogP contribution is 2.62. The Morgan fingerprint density at radius 1 is 1.48 bits per heavy atom. The summed E-state index contributed by atoms with van der Waals surface area (Å²) >= 11 is 1.60. The first-order valence-corrected chi connectivity index (χ1v) is 8.99. The highest BCUT2D eigenvalue weighted by atomic mass is 32.1. The van der Waals surface area contributed by atoms with Crippen LogP contribution in [0.4, 0.5) is 0 Å². The van der Waals surface area contributed by atoms with Crippen LogP contribution in [0.2, 0.25) is 0 Å². The third-order valence-electron chi connectivity index (χ3n) is 6.37. The van der Waals surface area contributed by atoms with Gasteiger partial charge in [0, 0.05) is 22.2 Å². The SMILES string of the molecule is Cc1nc2c(s1)C[C@@H]1[C@](C)(CO)[C@H](O)CC[C@@]1(C)[C@@H]2CC(=O)[O-]. The molecule has 23 heavy (non-hydrogen) atoms. The van der Waals surface area contributed by atoms with E-state index in [4.69, 9.17) is 0 Å². The molecule has 0 radical (unpaired) electrons. The Kier molecular flexibility index (Phi) is 4.06. The summed E-state index contributed by atoms with van der Waals surface area (Å²) in [5.41, 5.74) is -0.0241. The minimum absolute atomic E-state index is 0.0282. The zero-order chi connectivity index (χ0) is 17.0. The molecule has 2 N–H and O–H groups in total. The van der Waals surface area contributed by atoms with Crippen molar-refractivity contribution in [1.82, 2.24) is 4.98 Å². The van der Waals surface area contributed by atoms with Gasteiger partial charge in [0.25, 0.3) is 0 Å². The maximum atomic E-state index is 11.4. The molecule has 0 spiro atoms. The lowest BCUT2D eigenvalue weighted by atomic mass is 9.47. The predicted molar refractivity (Wildman–Crippen MR) is 85.0 cm³/mol. The van der Waals surface area contributed by atoms with Gasteiger partial charge in [0.15, 0.2) is 0 Å². The fraction of sp³-hybridized carbons (Fsp3) is 0.765. The van der Waals surface area contributed by atoms with E-state index in [1.165, 1.54) is 0 Å². The molecule has 128 valence electrons. The average Bonchev–Trinajstić information content (AvgIpc) is 2.85. The summed E-state index contributed by atoms with van der Waals surface area (Å²) < 4.78 is 0. The fourth-order valence-electron chi connectivity index (χ4n) is 4.93. The van der Waals surface area contributed by atoms with Crippen LogP contribution in [0.5, 0.6) is 0 Å². The second-order valence-electron chi connectivity index (χ2n) is 7.65. The summed E-state index contributed by atoms with van der Waals surface area (Å²) in [6.07, 6.45) is 1.44. The Morgan fingerprint density at radius 3 is 2.78 bits per heavy atom. The van der Waals surface area contributed by atoms with Crippen LogP contribution in [0.1, 0.15) is 54.6 Å². The molecule has 0 aliphatic heterocycles. The number of aliphatic carboxylic acids is 1. The molecule has 6 heteroatoms. The van der Waals surface area contributed by atoms with E-state index in [0.29, 0.717) is 6.42 Å². The van der Waals surface area contributed by atoms with Crippen molar-refractivity contribution in [1.29, 1.82) is 0 Å². The lowest BCUT2D eigenvalue weighted by Gasteiger charge is -2.58. The number of thiazole rings is 1. The van der Waals surface area contributed by atoms with Crippen molar-refractivity contribution in [3.8, 4) is 0 Å². The van der Waals surface area contributed by atoms with Gasteiger partial charge in [-0.15, -0.1) is 11.3 Å². The average molecular weight is 338 g/mol. The Balaban J connectivity index is 2.13. The molecular formula is C17H24NO4S-. The molecule has 5 nitrogen and oxygen atoms in total. The summed E-state index contributed by atoms with van der Waals surface area (Å²) in [6, 6.07) is 0. The van der Waals surface area contributed by atoms with Crippen molar-refractivity contribution in [3.05, 3.63) is 15.6 Å². The Bertz CT molecular complexity index is 630. The van der Waals surface area contributed by atoms with E-state index in [1.807, 2.05) is 13.8 Å². The maximum absolute atomic E-state index is 11.4. The van der Waals surface area contributed by atoms with Crippen LogP contribution in [0, 0.1) is 23.7 Å². The predicted octanol–water partition coefficient (Wildman–Crippen LogP) is 1.01. The molecule has 1 saturated carbocycles. The van der Waals surface area contributed by atoms with Gasteiger partial charge in [-0.1, -0.05) is 13.8 Å². The summed E-state index contributed by atoms with van der Waals surface area (Å²) in [5.74, 6) is -1.25. The van der Waals surface area contributed by atoms with Crippen molar-refractivity contribution >= 4 is 17.3 Å². The quantitative estimate of drug-likeness (QED) is 0.858. The van der Waals surface area contributed by atoms with Crippen LogP contribution in [0.15, 0.2) is 0 Å². The van der Waals surface area contributed by atoms with Gasteiger partial charge in [-0.05, 0) is 43.9 Å². The molecule has 1 heterocycles. The van der Waals surface area contributed by atoms with Crippen molar-refractivity contribution in [2.75, 3.05) is 6.61 Å². The van der Waals surface area contributed by atoms with Gasteiger partial charge in [-0.2, -0.15) is 0 Å². The van der Waals surface area contributed by atoms with Crippen LogP contribution in [-0.2, 0) is 11.2 Å². The standard InChI is InChI=1S/C17H25NO4S/c1-9-18-15-10(6-14(21)22)16(2)5-4-13(20)17(3,8-19)12(16)7-11(15)23-9/h10,12-13,19-20H,4-8H2,1-3H3,(H,21,22)/p-1/t10-,12+,13-,16+,17+/m1/s1. The van der Waals surface area contributed by atoms with E-state index in [0.717, 1.165) is 28.4 Å². The number of carboxylic acid groups (broad SMARTS) is 1. The number of aromatic nitrogens is 1. The van der Waals surface area contributed by atoms with Gasteiger partial charge in [0.05, 0.1) is 23.4 Å². The normalized spacial score (nSPS) is 39.6. The number of hydrogen-bond acceptors (Lipinski definition) is 6. The van der Waals surface area contributed by atoms with Gasteiger partial charge in [0.2, 0.25) is 0 Å². The second kappa shape index (κ2) is 5.53. The van der Waals surface area contributed by atoms with Crippen LogP contribution in [0.3, 0.4) is 0 Å². The van der Waals surface area contributed by atoms with Crippen LogP contribution in [0.25, 0.3) is 0 Å². The van der Waals surface area contributed by atoms with Crippen LogP contribution in [-0.4, -0.2) is 33.9 Å². The van der Waals surface area contributed by atoms with E-state index >= 15 is 0 Å². The summed E-state index contributed by atoms with van der Waals surface area (Å²) in [6.45, 7) is 5.86. The van der Waals surface area contributed by atoms with E-state index < -0.39 is 17.5 Å². The molecule has 0 aromatic carbocycles. The van der Waals surface area contributed by atoms with Crippen molar-refractivity contribution in [3.63, 3.8) is 0 Å². The molecule has 0 saturated heterocycles. The van der Waals surface area contributed by atoms with E-state index in [9.17, 15) is 20.1 Å². The summed E-state index contributed by atoms with van der Waals surface area (Å²) in [7, 11) is 0. The van der Waals surface area contributed by atoms with Gasteiger partial charge in [-0.3, -0.25) is 0 Å². The van der Waals surface area contributed by atoms with Gasteiger partial charge in [0.1, 0.15) is 0 Å².